The van der Waals surface area contributed by atoms with E-state index in [0.717, 1.165) is 0 Å². The number of hydrogen-bond donors (Lipinski definition) is 0. The van der Waals surface area contributed by atoms with Crippen LogP contribution in [0.5, 0.6) is 0 Å². The van der Waals surface area contributed by atoms with Gasteiger partial charge in [-0.15, -0.1) is 0 Å². The molecule has 0 saturated heterocycles. The van der Waals surface area contributed by atoms with E-state index < -0.39 is 0 Å². The molecule has 0 fully saturated rings. The quantitative estimate of drug-likeness (QED) is 0.390. The third-order valence-electron chi connectivity index (χ3n) is 10.5. The van der Waals surface area contributed by atoms with Gasteiger partial charge >= 0.3 is 0 Å². The fourth-order valence-corrected chi connectivity index (χ4v) is 6.84. The van der Waals surface area contributed by atoms with Crippen LogP contribution < -0.4 is 0 Å². The molecule has 0 spiro atoms. The van der Waals surface area contributed by atoms with Gasteiger partial charge in [0.2, 0.25) is 0 Å². The van der Waals surface area contributed by atoms with Crippen molar-refractivity contribution in [2.24, 2.45) is 27.1 Å². The Hall–Kier alpha value is -0.780. The number of hydrogen-bond acceptors (Lipinski definition) is 0. The Morgan fingerprint density at radius 2 is 0.560 bits per heavy atom. The molecular formula is C25H42. The average Bonchev–Trinajstić information content (AvgIpc) is 2.53. The number of fused-ring (bicyclic) bond motifs is 3. The summed E-state index contributed by atoms with van der Waals surface area (Å²) >= 11 is 0. The highest BCUT2D eigenvalue weighted by Gasteiger charge is 2.64. The molecule has 25 heavy (non-hydrogen) atoms. The molecule has 2 bridgehead atoms. The van der Waals surface area contributed by atoms with Crippen molar-refractivity contribution in [1.82, 2.24) is 0 Å². The molecule has 0 N–H and O–H groups in total. The number of allylic oxidation sites excluding steroid dienone is 6. The lowest BCUT2D eigenvalue weighted by Gasteiger charge is -2.67. The monoisotopic (exact) mass is 342 g/mol. The van der Waals surface area contributed by atoms with Gasteiger partial charge in [-0.2, -0.15) is 0 Å². The Labute approximate surface area is 157 Å². The maximum Gasteiger partial charge on any atom is 0.0301 e. The molecule has 0 aromatic rings. The summed E-state index contributed by atoms with van der Waals surface area (Å²) < 4.78 is 0. The summed E-state index contributed by atoms with van der Waals surface area (Å²) in [4.78, 5) is 0. The van der Waals surface area contributed by atoms with Crippen LogP contribution in [-0.4, -0.2) is 0 Å². The van der Waals surface area contributed by atoms with Crippen molar-refractivity contribution in [3.63, 3.8) is 0 Å². The Morgan fingerprint density at radius 1 is 0.360 bits per heavy atom. The van der Waals surface area contributed by atoms with E-state index in [1.165, 1.54) is 0 Å². The fraction of sp³-hybridized carbons (Fsp3) is 0.760. The highest BCUT2D eigenvalue weighted by Crippen LogP contribution is 2.72. The minimum atomic E-state index is 0.0197. The van der Waals surface area contributed by atoms with Crippen LogP contribution >= 0.6 is 0 Å². The van der Waals surface area contributed by atoms with Gasteiger partial charge in [0.05, 0.1) is 0 Å². The summed E-state index contributed by atoms with van der Waals surface area (Å²) in [6, 6.07) is 0. The Bertz CT molecular complexity index is 617. The standard InChI is InChI=1S/C25H42/c1-15-18(4)24(13)19(5)16(2)22(9,10)25(14,21(15,7)8)23(11,12)17(3)20(24)6/h1-14H3/b18-15-,19-16+,20-17?. The lowest BCUT2D eigenvalue weighted by molar-refractivity contribution is -0.0847. The van der Waals surface area contributed by atoms with Crippen LogP contribution in [0.3, 0.4) is 0 Å². The van der Waals surface area contributed by atoms with Crippen molar-refractivity contribution in [3.05, 3.63) is 33.4 Å². The Kier molecular flexibility index (Phi) is 4.22. The molecule has 3 rings (SSSR count). The summed E-state index contributed by atoms with van der Waals surface area (Å²) in [5, 5.41) is 0. The van der Waals surface area contributed by atoms with Crippen LogP contribution in [0.4, 0.5) is 0 Å². The van der Waals surface area contributed by atoms with Crippen LogP contribution in [0, 0.1) is 27.1 Å². The molecule has 0 aromatic heterocycles. The zero-order chi connectivity index (χ0) is 20.0. The first-order chi connectivity index (χ1) is 10.9. The van der Waals surface area contributed by atoms with E-state index >= 15 is 0 Å². The first-order valence-electron chi connectivity index (χ1n) is 10.0. The molecule has 2 unspecified atom stereocenters. The average molecular weight is 343 g/mol. The molecule has 2 atom stereocenters. The van der Waals surface area contributed by atoms with Crippen LogP contribution in [0.1, 0.15) is 96.9 Å². The third-order valence-corrected chi connectivity index (χ3v) is 10.5. The van der Waals surface area contributed by atoms with E-state index in [1.807, 2.05) is 0 Å². The van der Waals surface area contributed by atoms with Crippen LogP contribution in [0.25, 0.3) is 0 Å². The van der Waals surface area contributed by atoms with Gasteiger partial charge in [-0.25, -0.2) is 0 Å². The number of rotatable bonds is 0. The molecule has 3 aliphatic rings. The van der Waals surface area contributed by atoms with Crippen molar-refractivity contribution in [1.29, 1.82) is 0 Å². The molecular weight excluding hydrogens is 300 g/mol. The SMILES string of the molecule is CC1=C(C)C(C)(C)C2(C)C(C)(C)/C(C)=C(/C)C1(C)/C(C)=C(\C)C2(C)C. The van der Waals surface area contributed by atoms with Crippen LogP contribution in [0.2, 0.25) is 0 Å². The first kappa shape index (κ1) is 20.5. The van der Waals surface area contributed by atoms with E-state index in [4.69, 9.17) is 0 Å². The van der Waals surface area contributed by atoms with Gasteiger partial charge in [0, 0.05) is 5.41 Å². The normalized spacial score (nSPS) is 43.0. The van der Waals surface area contributed by atoms with Gasteiger partial charge in [0.15, 0.2) is 0 Å². The molecule has 0 nitrogen and oxygen atoms in total. The van der Waals surface area contributed by atoms with Crippen LogP contribution in [-0.2, 0) is 0 Å². The van der Waals surface area contributed by atoms with Gasteiger partial charge in [-0.3, -0.25) is 0 Å². The van der Waals surface area contributed by atoms with E-state index in [9.17, 15) is 0 Å². The van der Waals surface area contributed by atoms with Crippen molar-refractivity contribution >= 4 is 0 Å². The van der Waals surface area contributed by atoms with E-state index in [1.54, 1.807) is 33.4 Å². The molecule has 142 valence electrons. The minimum absolute atomic E-state index is 0.0197. The van der Waals surface area contributed by atoms with E-state index in [2.05, 4.69) is 96.9 Å². The van der Waals surface area contributed by atoms with Crippen molar-refractivity contribution in [2.75, 3.05) is 0 Å². The molecule has 0 saturated carbocycles. The van der Waals surface area contributed by atoms with Crippen molar-refractivity contribution < 1.29 is 0 Å². The van der Waals surface area contributed by atoms with Crippen molar-refractivity contribution in [3.8, 4) is 0 Å². The molecule has 0 amide bonds. The fourth-order valence-electron chi connectivity index (χ4n) is 6.84. The lowest BCUT2D eigenvalue weighted by Crippen LogP contribution is -2.60. The van der Waals surface area contributed by atoms with Crippen molar-refractivity contribution in [2.45, 2.75) is 96.9 Å². The van der Waals surface area contributed by atoms with Gasteiger partial charge in [-0.1, -0.05) is 81.9 Å². The first-order valence-corrected chi connectivity index (χ1v) is 10.0. The Balaban J connectivity index is 3.29. The molecule has 0 aliphatic heterocycles. The Morgan fingerprint density at radius 3 is 0.760 bits per heavy atom. The highest BCUT2D eigenvalue weighted by molar-refractivity contribution is 5.52. The highest BCUT2D eigenvalue weighted by atomic mass is 14.7. The van der Waals surface area contributed by atoms with E-state index in [0.29, 0.717) is 0 Å². The zero-order valence-electron chi connectivity index (χ0n) is 19.5. The van der Waals surface area contributed by atoms with Gasteiger partial charge in [0.25, 0.3) is 0 Å². The van der Waals surface area contributed by atoms with Gasteiger partial charge < -0.3 is 0 Å². The molecule has 0 heterocycles. The summed E-state index contributed by atoms with van der Waals surface area (Å²) in [5.41, 5.74) is 9.85. The summed E-state index contributed by atoms with van der Waals surface area (Å²) in [5.74, 6) is 0. The predicted molar refractivity (Wildman–Crippen MR) is 113 cm³/mol. The molecule has 0 aromatic carbocycles. The second kappa shape index (κ2) is 5.14. The predicted octanol–water partition coefficient (Wildman–Crippen LogP) is 8.11. The summed E-state index contributed by atoms with van der Waals surface area (Å²) in [6.07, 6.45) is 0. The van der Waals surface area contributed by atoms with Crippen LogP contribution in [0.15, 0.2) is 33.4 Å². The minimum Gasteiger partial charge on any atom is -0.0669 e. The zero-order valence-corrected chi connectivity index (χ0v) is 19.5. The van der Waals surface area contributed by atoms with Gasteiger partial charge in [0.1, 0.15) is 0 Å². The lowest BCUT2D eigenvalue weighted by atomic mass is 9.36. The third kappa shape index (κ3) is 1.90. The second-order valence-electron chi connectivity index (χ2n) is 10.9. The second-order valence-corrected chi connectivity index (χ2v) is 10.9. The van der Waals surface area contributed by atoms with E-state index in [-0.39, 0.29) is 27.1 Å². The van der Waals surface area contributed by atoms with Gasteiger partial charge in [-0.05, 0) is 70.1 Å². The largest absolute Gasteiger partial charge is 0.0669 e. The topological polar surface area (TPSA) is 0 Å². The summed E-state index contributed by atoms with van der Waals surface area (Å²) in [7, 11) is 0. The maximum absolute atomic E-state index is 2.56. The molecule has 0 radical (unpaired) electrons. The smallest absolute Gasteiger partial charge is 0.0301 e. The maximum atomic E-state index is 2.56. The summed E-state index contributed by atoms with van der Waals surface area (Å²) in [6.45, 7) is 34.4. The molecule has 0 heteroatoms. The molecule has 3 aliphatic carbocycles.